The van der Waals surface area contributed by atoms with Crippen LogP contribution >= 0.6 is 0 Å². The maximum absolute atomic E-state index is 9.36. The first-order chi connectivity index (χ1) is 16.9. The van der Waals surface area contributed by atoms with E-state index in [9.17, 15) is 20.4 Å². The first-order valence-electron chi connectivity index (χ1n) is 11.6. The number of hydrogen-bond acceptors (Lipinski definition) is 14. The second-order valence-electron chi connectivity index (χ2n) is 7.83. The quantitative estimate of drug-likeness (QED) is 0.0506. The van der Waals surface area contributed by atoms with Gasteiger partial charge in [-0.15, -0.1) is 0 Å². The summed E-state index contributed by atoms with van der Waals surface area (Å²) in [5.41, 5.74) is 0. The second kappa shape index (κ2) is 23.8. The van der Waals surface area contributed by atoms with E-state index < -0.39 is 63.1 Å². The van der Waals surface area contributed by atoms with E-state index in [0.29, 0.717) is 6.42 Å². The van der Waals surface area contributed by atoms with Gasteiger partial charge in [-0.1, -0.05) is 0 Å². The van der Waals surface area contributed by atoms with Crippen molar-refractivity contribution >= 4 is 0 Å². The van der Waals surface area contributed by atoms with E-state index in [-0.39, 0.29) is 66.1 Å². The van der Waals surface area contributed by atoms with Crippen LogP contribution in [-0.4, -0.2) is 170 Å². The molecule has 0 aromatic heterocycles. The molecular formula is C21H44O14. The molecule has 0 saturated heterocycles. The van der Waals surface area contributed by atoms with Crippen molar-refractivity contribution in [2.45, 2.75) is 43.0 Å². The largest absolute Gasteiger partial charge is 0.394 e. The van der Waals surface area contributed by atoms with Gasteiger partial charge in [-0.05, 0) is 6.42 Å². The van der Waals surface area contributed by atoms with Crippen molar-refractivity contribution in [3.8, 4) is 0 Å². The highest BCUT2D eigenvalue weighted by Crippen LogP contribution is 2.03. The fourth-order valence-electron chi connectivity index (χ4n) is 2.40. The number of aliphatic hydroxyl groups is 8. The van der Waals surface area contributed by atoms with Crippen LogP contribution in [-0.2, 0) is 28.4 Å². The Balaban J connectivity index is 4.40. The predicted octanol–water partition coefficient (Wildman–Crippen LogP) is -4.37. The summed E-state index contributed by atoms with van der Waals surface area (Å²) in [5, 5.41) is 72.8. The highest BCUT2D eigenvalue weighted by molar-refractivity contribution is 4.61. The van der Waals surface area contributed by atoms with Gasteiger partial charge in [0.15, 0.2) is 0 Å². The van der Waals surface area contributed by atoms with Gasteiger partial charge in [0, 0.05) is 13.2 Å². The van der Waals surface area contributed by atoms with Crippen molar-refractivity contribution in [1.82, 2.24) is 0 Å². The molecule has 212 valence electrons. The third kappa shape index (κ3) is 21.2. The molecule has 0 aromatic carbocycles. The van der Waals surface area contributed by atoms with Crippen molar-refractivity contribution in [3.05, 3.63) is 0 Å². The van der Waals surface area contributed by atoms with Crippen LogP contribution in [0.4, 0.5) is 0 Å². The van der Waals surface area contributed by atoms with Crippen LogP contribution in [0.25, 0.3) is 0 Å². The second-order valence-corrected chi connectivity index (χ2v) is 7.83. The van der Waals surface area contributed by atoms with E-state index in [1.807, 2.05) is 0 Å². The Morgan fingerprint density at radius 1 is 0.400 bits per heavy atom. The minimum Gasteiger partial charge on any atom is -0.394 e. The van der Waals surface area contributed by atoms with Crippen LogP contribution < -0.4 is 0 Å². The van der Waals surface area contributed by atoms with Crippen molar-refractivity contribution in [3.63, 3.8) is 0 Å². The zero-order valence-electron chi connectivity index (χ0n) is 20.1. The summed E-state index contributed by atoms with van der Waals surface area (Å²) in [4.78, 5) is 0. The molecule has 4 unspecified atom stereocenters. The molecule has 0 fully saturated rings. The molecular weight excluding hydrogens is 476 g/mol. The Hall–Kier alpha value is -0.560. The summed E-state index contributed by atoms with van der Waals surface area (Å²) in [7, 11) is 0. The van der Waals surface area contributed by atoms with E-state index in [0.717, 1.165) is 0 Å². The summed E-state index contributed by atoms with van der Waals surface area (Å²) in [6, 6.07) is 0. The molecule has 0 heterocycles. The SMILES string of the molecule is OCC(O)COCC(COCC(O)CO)OCCCOC(COCC(O)CO)COCC(O)CO. The Kier molecular flexibility index (Phi) is 23.4. The lowest BCUT2D eigenvalue weighted by Gasteiger charge is -2.21. The Labute approximate surface area is 205 Å². The fourth-order valence-corrected chi connectivity index (χ4v) is 2.40. The van der Waals surface area contributed by atoms with E-state index in [1.54, 1.807) is 0 Å². The molecule has 0 aromatic rings. The molecule has 0 spiro atoms. The van der Waals surface area contributed by atoms with Crippen LogP contribution in [0.3, 0.4) is 0 Å². The van der Waals surface area contributed by atoms with Crippen molar-refractivity contribution in [2.24, 2.45) is 0 Å². The van der Waals surface area contributed by atoms with Crippen LogP contribution in [0, 0.1) is 0 Å². The zero-order valence-corrected chi connectivity index (χ0v) is 20.1. The lowest BCUT2D eigenvalue weighted by molar-refractivity contribution is -0.101. The van der Waals surface area contributed by atoms with Gasteiger partial charge < -0.3 is 69.3 Å². The van der Waals surface area contributed by atoms with Gasteiger partial charge in [0.05, 0.1) is 79.3 Å². The molecule has 0 aliphatic carbocycles. The maximum Gasteiger partial charge on any atom is 0.104 e. The molecule has 0 amide bonds. The van der Waals surface area contributed by atoms with Gasteiger partial charge in [-0.2, -0.15) is 0 Å². The summed E-state index contributed by atoms with van der Waals surface area (Å²) < 4.78 is 32.6. The van der Waals surface area contributed by atoms with Crippen LogP contribution in [0.5, 0.6) is 0 Å². The molecule has 0 radical (unpaired) electrons. The Morgan fingerprint density at radius 2 is 0.657 bits per heavy atom. The first kappa shape index (κ1) is 34.4. The molecule has 0 aliphatic heterocycles. The topological polar surface area (TPSA) is 217 Å². The highest BCUT2D eigenvalue weighted by Gasteiger charge is 2.15. The maximum atomic E-state index is 9.36. The van der Waals surface area contributed by atoms with Gasteiger partial charge in [0.25, 0.3) is 0 Å². The number of hydrogen-bond donors (Lipinski definition) is 8. The molecule has 14 nitrogen and oxygen atoms in total. The van der Waals surface area contributed by atoms with E-state index in [2.05, 4.69) is 0 Å². The summed E-state index contributed by atoms with van der Waals surface area (Å²) in [6.07, 6.45) is -4.66. The van der Waals surface area contributed by atoms with Gasteiger partial charge in [0.1, 0.15) is 36.6 Å². The average molecular weight is 521 g/mol. The summed E-state index contributed by atoms with van der Waals surface area (Å²) >= 11 is 0. The van der Waals surface area contributed by atoms with Gasteiger partial charge in [-0.25, -0.2) is 0 Å². The Morgan fingerprint density at radius 3 is 0.886 bits per heavy atom. The number of rotatable bonds is 26. The van der Waals surface area contributed by atoms with Gasteiger partial charge in [0.2, 0.25) is 0 Å². The summed E-state index contributed by atoms with van der Waals surface area (Å²) in [5.74, 6) is 0. The highest BCUT2D eigenvalue weighted by atomic mass is 16.6. The molecule has 0 rings (SSSR count). The van der Waals surface area contributed by atoms with Crippen LogP contribution in [0.1, 0.15) is 6.42 Å². The summed E-state index contributed by atoms with van der Waals surface area (Å²) in [6.45, 7) is -1.32. The number of ether oxygens (including phenoxy) is 6. The molecule has 14 heteroatoms. The van der Waals surface area contributed by atoms with Crippen LogP contribution in [0.2, 0.25) is 0 Å². The van der Waals surface area contributed by atoms with Gasteiger partial charge in [-0.3, -0.25) is 0 Å². The minimum atomic E-state index is -1.01. The lowest BCUT2D eigenvalue weighted by atomic mass is 10.3. The van der Waals surface area contributed by atoms with Crippen LogP contribution in [0.15, 0.2) is 0 Å². The molecule has 4 atom stereocenters. The third-order valence-corrected chi connectivity index (χ3v) is 4.29. The molecule has 35 heavy (non-hydrogen) atoms. The standard InChI is InChI=1S/C21H44O14/c22-4-16(26)8-30-12-20(13-31-9-17(27)5-23)34-2-1-3-35-21(14-32-10-18(28)6-24)15-33-11-19(29)7-25/h16-29H,1-15H2. The molecule has 8 N–H and O–H groups in total. The lowest BCUT2D eigenvalue weighted by Crippen LogP contribution is -2.32. The molecule has 0 saturated carbocycles. The molecule has 0 bridgehead atoms. The normalized spacial score (nSPS) is 17.1. The minimum absolute atomic E-state index is 0.0673. The number of aliphatic hydroxyl groups excluding tert-OH is 8. The first-order valence-corrected chi connectivity index (χ1v) is 11.6. The van der Waals surface area contributed by atoms with E-state index in [1.165, 1.54) is 0 Å². The molecule has 0 aliphatic rings. The van der Waals surface area contributed by atoms with Crippen molar-refractivity contribution in [2.75, 3.05) is 92.5 Å². The predicted molar refractivity (Wildman–Crippen MR) is 120 cm³/mol. The smallest absolute Gasteiger partial charge is 0.104 e. The van der Waals surface area contributed by atoms with E-state index in [4.69, 9.17) is 48.8 Å². The van der Waals surface area contributed by atoms with E-state index >= 15 is 0 Å². The Bertz CT molecular complexity index is 376. The van der Waals surface area contributed by atoms with Crippen molar-refractivity contribution < 1.29 is 69.3 Å². The zero-order chi connectivity index (χ0) is 26.3. The monoisotopic (exact) mass is 520 g/mol. The van der Waals surface area contributed by atoms with Crippen molar-refractivity contribution in [1.29, 1.82) is 0 Å². The average Bonchev–Trinajstić information content (AvgIpc) is 2.86. The fraction of sp³-hybridized carbons (Fsp3) is 1.00. The van der Waals surface area contributed by atoms with Gasteiger partial charge >= 0.3 is 0 Å². The third-order valence-electron chi connectivity index (χ3n) is 4.29.